The van der Waals surface area contributed by atoms with Crippen LogP contribution in [0, 0.1) is 13.8 Å². The zero-order valence-corrected chi connectivity index (χ0v) is 14.3. The Morgan fingerprint density at radius 2 is 2.17 bits per heavy atom. The van der Waals surface area contributed by atoms with Gasteiger partial charge in [0.25, 0.3) is 0 Å². The summed E-state index contributed by atoms with van der Waals surface area (Å²) in [6.07, 6.45) is 1.27. The number of carbonyl (C=O) groups excluding carboxylic acids is 1. The Morgan fingerprint density at radius 3 is 2.83 bits per heavy atom. The summed E-state index contributed by atoms with van der Waals surface area (Å²) >= 11 is 1.53. The molecule has 0 saturated carbocycles. The summed E-state index contributed by atoms with van der Waals surface area (Å²) in [4.78, 5) is 16.6. The molecule has 124 valence electrons. The minimum atomic E-state index is -0.291. The molecule has 2 aromatic heterocycles. The van der Waals surface area contributed by atoms with Crippen molar-refractivity contribution in [3.8, 4) is 11.5 Å². The molecule has 24 heavy (non-hydrogen) atoms. The molecule has 7 nitrogen and oxygen atoms in total. The number of anilines is 1. The van der Waals surface area contributed by atoms with Crippen LogP contribution >= 0.6 is 11.3 Å². The van der Waals surface area contributed by atoms with E-state index in [1.54, 1.807) is 6.07 Å². The van der Waals surface area contributed by atoms with E-state index in [4.69, 9.17) is 4.42 Å². The fourth-order valence-corrected chi connectivity index (χ4v) is 2.98. The van der Waals surface area contributed by atoms with Crippen molar-refractivity contribution >= 4 is 23.1 Å². The number of rotatable bonds is 4. The van der Waals surface area contributed by atoms with E-state index >= 15 is 0 Å². The van der Waals surface area contributed by atoms with Crippen LogP contribution in [0.25, 0.3) is 11.5 Å². The normalized spacial score (nSPS) is 12.0. The highest BCUT2D eigenvalue weighted by molar-refractivity contribution is 7.09. The Hall–Kier alpha value is -2.74. The lowest BCUT2D eigenvalue weighted by Crippen LogP contribution is -2.31. The highest BCUT2D eigenvalue weighted by Gasteiger charge is 2.14. The van der Waals surface area contributed by atoms with Gasteiger partial charge in [-0.1, -0.05) is 6.07 Å². The number of hydrogen-bond donors (Lipinski definition) is 2. The zero-order valence-electron chi connectivity index (χ0n) is 13.5. The molecule has 2 heterocycles. The molecule has 1 atom stereocenters. The van der Waals surface area contributed by atoms with Gasteiger partial charge in [-0.05, 0) is 38.5 Å². The first-order chi connectivity index (χ1) is 11.5. The second-order valence-electron chi connectivity index (χ2n) is 5.42. The van der Waals surface area contributed by atoms with Crippen molar-refractivity contribution in [3.05, 3.63) is 46.2 Å². The molecule has 0 bridgehead atoms. The molecule has 0 radical (unpaired) electrons. The number of nitrogens with zero attached hydrogens (tertiary/aromatic N) is 3. The first-order valence-corrected chi connectivity index (χ1v) is 8.27. The van der Waals surface area contributed by atoms with Crippen molar-refractivity contribution in [3.63, 3.8) is 0 Å². The third-order valence-electron chi connectivity index (χ3n) is 3.45. The first kappa shape index (κ1) is 16.1. The van der Waals surface area contributed by atoms with Crippen LogP contribution in [-0.4, -0.2) is 21.2 Å². The second kappa shape index (κ2) is 6.79. The van der Waals surface area contributed by atoms with Gasteiger partial charge < -0.3 is 15.1 Å². The number of benzene rings is 1. The zero-order chi connectivity index (χ0) is 17.1. The Labute approximate surface area is 143 Å². The summed E-state index contributed by atoms with van der Waals surface area (Å²) in [6, 6.07) is 5.11. The van der Waals surface area contributed by atoms with Gasteiger partial charge in [-0.3, -0.25) is 0 Å². The predicted octanol–water partition coefficient (Wildman–Crippen LogP) is 3.69. The van der Waals surface area contributed by atoms with E-state index in [2.05, 4.69) is 25.8 Å². The quantitative estimate of drug-likeness (QED) is 0.753. The van der Waals surface area contributed by atoms with E-state index < -0.39 is 0 Å². The summed E-state index contributed by atoms with van der Waals surface area (Å²) in [5.74, 6) is 0.407. The maximum atomic E-state index is 12.3. The molecule has 3 aromatic rings. The number of hydrogen-bond acceptors (Lipinski definition) is 6. The molecule has 1 aromatic carbocycles. The fraction of sp³-hybridized carbons (Fsp3) is 0.250. The smallest absolute Gasteiger partial charge is 0.319 e. The van der Waals surface area contributed by atoms with Gasteiger partial charge in [0.2, 0.25) is 12.3 Å². The number of carbonyl (C=O) groups is 1. The summed E-state index contributed by atoms with van der Waals surface area (Å²) in [7, 11) is 0. The van der Waals surface area contributed by atoms with Gasteiger partial charge in [-0.25, -0.2) is 9.78 Å². The third-order valence-corrected chi connectivity index (χ3v) is 4.59. The number of urea groups is 1. The van der Waals surface area contributed by atoms with E-state index in [0.29, 0.717) is 11.6 Å². The Bertz CT molecular complexity index is 844. The largest absolute Gasteiger partial charge is 0.423 e. The Morgan fingerprint density at radius 1 is 1.33 bits per heavy atom. The number of nitrogens with one attached hydrogen (secondary N) is 2. The predicted molar refractivity (Wildman–Crippen MR) is 91.9 cm³/mol. The van der Waals surface area contributed by atoms with Crippen molar-refractivity contribution in [2.75, 3.05) is 5.32 Å². The average Bonchev–Trinajstić information content (AvgIpc) is 3.21. The molecule has 0 aliphatic heterocycles. The van der Waals surface area contributed by atoms with Gasteiger partial charge in [-0.2, -0.15) is 0 Å². The highest BCUT2D eigenvalue weighted by Crippen LogP contribution is 2.24. The van der Waals surface area contributed by atoms with Crippen LogP contribution in [0.2, 0.25) is 0 Å². The molecular formula is C16H17N5O2S. The Kier molecular flexibility index (Phi) is 4.57. The van der Waals surface area contributed by atoms with Crippen molar-refractivity contribution in [2.45, 2.75) is 26.8 Å². The first-order valence-electron chi connectivity index (χ1n) is 7.39. The average molecular weight is 343 g/mol. The van der Waals surface area contributed by atoms with Gasteiger partial charge >= 0.3 is 6.03 Å². The summed E-state index contributed by atoms with van der Waals surface area (Å²) in [6.45, 7) is 5.75. The van der Waals surface area contributed by atoms with Gasteiger partial charge in [0, 0.05) is 22.3 Å². The maximum Gasteiger partial charge on any atom is 0.319 e. The van der Waals surface area contributed by atoms with Crippen LogP contribution in [0.3, 0.4) is 0 Å². The molecule has 0 spiro atoms. The van der Waals surface area contributed by atoms with E-state index in [-0.39, 0.29) is 12.1 Å². The maximum absolute atomic E-state index is 12.3. The second-order valence-corrected chi connectivity index (χ2v) is 6.31. The molecule has 2 amide bonds. The number of aryl methyl sites for hydroxylation is 2. The van der Waals surface area contributed by atoms with E-state index in [1.165, 1.54) is 17.7 Å². The van der Waals surface area contributed by atoms with Crippen molar-refractivity contribution in [2.24, 2.45) is 0 Å². The third kappa shape index (κ3) is 3.60. The summed E-state index contributed by atoms with van der Waals surface area (Å²) < 4.78 is 5.19. The van der Waals surface area contributed by atoms with Crippen molar-refractivity contribution in [1.82, 2.24) is 20.5 Å². The molecule has 0 aliphatic rings. The van der Waals surface area contributed by atoms with Gasteiger partial charge in [0.05, 0.1) is 6.04 Å². The van der Waals surface area contributed by atoms with Crippen LogP contribution in [0.4, 0.5) is 10.5 Å². The molecule has 0 aliphatic carbocycles. The van der Waals surface area contributed by atoms with Crippen LogP contribution in [0.5, 0.6) is 0 Å². The minimum Gasteiger partial charge on any atom is -0.423 e. The minimum absolute atomic E-state index is 0.164. The summed E-state index contributed by atoms with van der Waals surface area (Å²) in [5.41, 5.74) is 3.32. The molecule has 0 fully saturated rings. The van der Waals surface area contributed by atoms with Crippen LogP contribution in [0.1, 0.15) is 29.2 Å². The van der Waals surface area contributed by atoms with Crippen LogP contribution < -0.4 is 10.6 Å². The van der Waals surface area contributed by atoms with Crippen LogP contribution in [0.15, 0.2) is 34.4 Å². The number of amides is 2. The van der Waals surface area contributed by atoms with Crippen molar-refractivity contribution in [1.29, 1.82) is 0 Å². The Balaban J connectivity index is 1.71. The molecule has 2 N–H and O–H groups in total. The van der Waals surface area contributed by atoms with E-state index in [1.807, 2.05) is 38.3 Å². The van der Waals surface area contributed by atoms with E-state index in [9.17, 15) is 4.79 Å². The molecule has 0 unspecified atom stereocenters. The van der Waals surface area contributed by atoms with E-state index in [0.717, 1.165) is 21.8 Å². The molecular weight excluding hydrogens is 326 g/mol. The van der Waals surface area contributed by atoms with Crippen LogP contribution in [-0.2, 0) is 0 Å². The fourth-order valence-electron chi connectivity index (χ4n) is 2.18. The lowest BCUT2D eigenvalue weighted by atomic mass is 10.1. The standard InChI is InChI=1S/C16H17N5O2S/c1-9-4-5-12(14-21-17-8-23-14)6-13(9)20-16(22)19-11(3)15-18-10(2)7-24-15/h4-8,11H,1-3H3,(H2,19,20,22)/t11-/m0/s1. The van der Waals surface area contributed by atoms with Gasteiger partial charge in [0.1, 0.15) is 5.01 Å². The van der Waals surface area contributed by atoms with Crippen molar-refractivity contribution < 1.29 is 9.21 Å². The number of aromatic nitrogens is 3. The molecule has 8 heteroatoms. The lowest BCUT2D eigenvalue weighted by Gasteiger charge is -2.14. The number of thiazole rings is 1. The monoisotopic (exact) mass is 343 g/mol. The molecule has 3 rings (SSSR count). The topological polar surface area (TPSA) is 92.9 Å². The lowest BCUT2D eigenvalue weighted by molar-refractivity contribution is 0.249. The van der Waals surface area contributed by atoms with Gasteiger partial charge in [-0.15, -0.1) is 21.5 Å². The van der Waals surface area contributed by atoms with Gasteiger partial charge in [0.15, 0.2) is 0 Å². The summed E-state index contributed by atoms with van der Waals surface area (Å²) in [5, 5.41) is 16.1. The SMILES string of the molecule is Cc1csc([C@H](C)NC(=O)Nc2cc(-c3nnco3)ccc2C)n1. The highest BCUT2D eigenvalue weighted by atomic mass is 32.1. The molecule has 0 saturated heterocycles.